The van der Waals surface area contributed by atoms with Gasteiger partial charge in [-0.25, -0.2) is 0 Å². The van der Waals surface area contributed by atoms with Gasteiger partial charge >= 0.3 is 0 Å². The molecule has 0 saturated carbocycles. The van der Waals surface area contributed by atoms with E-state index in [0.717, 1.165) is 10.0 Å². The second-order valence-corrected chi connectivity index (χ2v) is 4.33. The van der Waals surface area contributed by atoms with Gasteiger partial charge in [-0.1, -0.05) is 28.1 Å². The van der Waals surface area contributed by atoms with Crippen LogP contribution in [0.4, 0.5) is 0 Å². The smallest absolute Gasteiger partial charge is 0.223 e. The number of halogens is 2. The first-order valence-corrected chi connectivity index (χ1v) is 5.61. The molecule has 0 saturated heterocycles. The summed E-state index contributed by atoms with van der Waals surface area (Å²) in [7, 11) is 1.79. The molecule has 1 aromatic carbocycles. The second-order valence-electron chi connectivity index (χ2n) is 3.41. The SMILES string of the molecule is CN(Cc1ccc(Br)cc1)C(=O)CCN.Cl. The average molecular weight is 308 g/mol. The van der Waals surface area contributed by atoms with Crippen LogP contribution in [0.2, 0.25) is 0 Å². The molecule has 1 amide bonds. The van der Waals surface area contributed by atoms with E-state index in [1.807, 2.05) is 24.3 Å². The number of nitrogens with two attached hydrogens (primary N) is 1. The van der Waals surface area contributed by atoms with E-state index >= 15 is 0 Å². The highest BCUT2D eigenvalue weighted by molar-refractivity contribution is 9.10. The van der Waals surface area contributed by atoms with E-state index in [4.69, 9.17) is 5.73 Å². The standard InChI is InChI=1S/C11H15BrN2O.ClH/c1-14(11(15)6-7-13)8-9-2-4-10(12)5-3-9;/h2-5H,6-8,13H2,1H3;1H. The zero-order valence-corrected chi connectivity index (χ0v) is 11.6. The maximum absolute atomic E-state index is 11.5. The topological polar surface area (TPSA) is 46.3 Å². The molecule has 0 aliphatic rings. The summed E-state index contributed by atoms with van der Waals surface area (Å²) < 4.78 is 1.04. The van der Waals surface area contributed by atoms with Crippen LogP contribution in [0.5, 0.6) is 0 Å². The highest BCUT2D eigenvalue weighted by Crippen LogP contribution is 2.11. The molecule has 3 nitrogen and oxygen atoms in total. The molecule has 0 aliphatic carbocycles. The van der Waals surface area contributed by atoms with Crippen molar-refractivity contribution in [3.63, 3.8) is 0 Å². The Bertz CT molecular complexity index is 329. The molecule has 16 heavy (non-hydrogen) atoms. The normalized spacial score (nSPS) is 9.44. The number of amides is 1. The van der Waals surface area contributed by atoms with Crippen molar-refractivity contribution in [2.75, 3.05) is 13.6 Å². The Morgan fingerprint density at radius 1 is 1.38 bits per heavy atom. The van der Waals surface area contributed by atoms with E-state index in [9.17, 15) is 4.79 Å². The molecule has 2 N–H and O–H groups in total. The van der Waals surface area contributed by atoms with Crippen LogP contribution in [0.25, 0.3) is 0 Å². The molecule has 5 heteroatoms. The highest BCUT2D eigenvalue weighted by Gasteiger charge is 2.07. The lowest BCUT2D eigenvalue weighted by atomic mass is 10.2. The molecule has 90 valence electrons. The van der Waals surface area contributed by atoms with Gasteiger partial charge in [0, 0.05) is 31.0 Å². The van der Waals surface area contributed by atoms with Crippen molar-refractivity contribution < 1.29 is 4.79 Å². The fraction of sp³-hybridized carbons (Fsp3) is 0.364. The van der Waals surface area contributed by atoms with Gasteiger partial charge in [0.2, 0.25) is 5.91 Å². The predicted octanol–water partition coefficient (Wildman–Crippen LogP) is 2.18. The summed E-state index contributed by atoms with van der Waals surface area (Å²) in [6, 6.07) is 7.93. The Labute approximate surface area is 111 Å². The third kappa shape index (κ3) is 4.96. The quantitative estimate of drug-likeness (QED) is 0.927. The summed E-state index contributed by atoms with van der Waals surface area (Å²) in [4.78, 5) is 13.1. The van der Waals surface area contributed by atoms with Crippen molar-refractivity contribution >= 4 is 34.2 Å². The minimum atomic E-state index is 0. The van der Waals surface area contributed by atoms with Crippen LogP contribution in [0.1, 0.15) is 12.0 Å². The molecule has 1 aromatic rings. The summed E-state index contributed by atoms with van der Waals surface area (Å²) in [5.74, 6) is 0.0837. The first-order chi connectivity index (χ1) is 7.13. The Hall–Kier alpha value is -0.580. The number of carbonyl (C=O) groups excluding carboxylic acids is 1. The van der Waals surface area contributed by atoms with Gasteiger partial charge in [0.05, 0.1) is 0 Å². The van der Waals surface area contributed by atoms with Crippen LogP contribution < -0.4 is 5.73 Å². The molecule has 0 aromatic heterocycles. The molecule has 0 unspecified atom stereocenters. The zero-order valence-electron chi connectivity index (χ0n) is 9.15. The fourth-order valence-corrected chi connectivity index (χ4v) is 1.53. The van der Waals surface area contributed by atoms with Gasteiger partial charge in [-0.2, -0.15) is 0 Å². The maximum Gasteiger partial charge on any atom is 0.223 e. The number of nitrogens with zero attached hydrogens (tertiary/aromatic N) is 1. The van der Waals surface area contributed by atoms with Crippen molar-refractivity contribution in [3.8, 4) is 0 Å². The lowest BCUT2D eigenvalue weighted by Crippen LogP contribution is -2.27. The number of hydrogen-bond donors (Lipinski definition) is 1. The molecule has 0 bridgehead atoms. The average Bonchev–Trinajstić information content (AvgIpc) is 2.22. The van der Waals surface area contributed by atoms with Crippen LogP contribution in [-0.4, -0.2) is 24.4 Å². The van der Waals surface area contributed by atoms with E-state index < -0.39 is 0 Å². The highest BCUT2D eigenvalue weighted by atomic mass is 79.9. The lowest BCUT2D eigenvalue weighted by molar-refractivity contribution is -0.130. The molecule has 0 radical (unpaired) electrons. The Morgan fingerprint density at radius 2 is 1.94 bits per heavy atom. The van der Waals surface area contributed by atoms with Gasteiger partial charge in [-0.3, -0.25) is 4.79 Å². The van der Waals surface area contributed by atoms with Gasteiger partial charge in [0.1, 0.15) is 0 Å². The number of carbonyl (C=O) groups is 1. The molecule has 1 rings (SSSR count). The number of benzene rings is 1. The van der Waals surface area contributed by atoms with Crippen LogP contribution in [0, 0.1) is 0 Å². The third-order valence-corrected chi connectivity index (χ3v) is 2.65. The van der Waals surface area contributed by atoms with Gasteiger partial charge in [-0.05, 0) is 17.7 Å². The molecule has 0 heterocycles. The number of hydrogen-bond acceptors (Lipinski definition) is 2. The van der Waals surface area contributed by atoms with E-state index in [2.05, 4.69) is 15.9 Å². The summed E-state index contributed by atoms with van der Waals surface area (Å²) in [5, 5.41) is 0. The predicted molar refractivity (Wildman–Crippen MR) is 71.5 cm³/mol. The number of rotatable bonds is 4. The van der Waals surface area contributed by atoms with Crippen molar-refractivity contribution in [1.82, 2.24) is 4.90 Å². The summed E-state index contributed by atoms with van der Waals surface area (Å²) in [6.45, 7) is 1.04. The monoisotopic (exact) mass is 306 g/mol. The van der Waals surface area contributed by atoms with Crippen LogP contribution in [0.15, 0.2) is 28.7 Å². The third-order valence-electron chi connectivity index (χ3n) is 2.12. The molecular formula is C11H16BrClN2O. The molecular weight excluding hydrogens is 291 g/mol. The van der Waals surface area contributed by atoms with Gasteiger partial charge in [0.15, 0.2) is 0 Å². The summed E-state index contributed by atoms with van der Waals surface area (Å²) in [6.07, 6.45) is 0.410. The van der Waals surface area contributed by atoms with E-state index in [0.29, 0.717) is 19.5 Å². The van der Waals surface area contributed by atoms with Crippen molar-refractivity contribution in [2.24, 2.45) is 5.73 Å². The second kappa shape index (κ2) is 7.65. The molecule has 0 atom stereocenters. The first-order valence-electron chi connectivity index (χ1n) is 4.82. The molecule has 0 fully saturated rings. The van der Waals surface area contributed by atoms with Gasteiger partial charge in [0.25, 0.3) is 0 Å². The molecule has 0 aliphatic heterocycles. The van der Waals surface area contributed by atoms with Crippen molar-refractivity contribution in [1.29, 1.82) is 0 Å². The van der Waals surface area contributed by atoms with Gasteiger partial charge in [-0.15, -0.1) is 12.4 Å². The minimum absolute atomic E-state index is 0. The van der Waals surface area contributed by atoms with Gasteiger partial charge < -0.3 is 10.6 Å². The minimum Gasteiger partial charge on any atom is -0.341 e. The summed E-state index contributed by atoms with van der Waals surface area (Å²) >= 11 is 3.37. The Kier molecular flexibility index (Phi) is 7.38. The Balaban J connectivity index is 0.00000225. The largest absolute Gasteiger partial charge is 0.341 e. The van der Waals surface area contributed by atoms with Crippen LogP contribution in [-0.2, 0) is 11.3 Å². The first kappa shape index (κ1) is 15.4. The fourth-order valence-electron chi connectivity index (χ4n) is 1.27. The van der Waals surface area contributed by atoms with Crippen molar-refractivity contribution in [3.05, 3.63) is 34.3 Å². The van der Waals surface area contributed by atoms with Crippen molar-refractivity contribution in [2.45, 2.75) is 13.0 Å². The van der Waals surface area contributed by atoms with Crippen LogP contribution in [0.3, 0.4) is 0 Å². The van der Waals surface area contributed by atoms with E-state index in [-0.39, 0.29) is 18.3 Å². The molecule has 0 spiro atoms. The Morgan fingerprint density at radius 3 is 2.44 bits per heavy atom. The van der Waals surface area contributed by atoms with E-state index in [1.54, 1.807) is 11.9 Å². The van der Waals surface area contributed by atoms with E-state index in [1.165, 1.54) is 0 Å². The van der Waals surface area contributed by atoms with Crippen LogP contribution >= 0.6 is 28.3 Å². The summed E-state index contributed by atoms with van der Waals surface area (Å²) in [5.41, 5.74) is 6.44. The lowest BCUT2D eigenvalue weighted by Gasteiger charge is -2.16. The maximum atomic E-state index is 11.5. The zero-order chi connectivity index (χ0) is 11.3.